The van der Waals surface area contributed by atoms with E-state index in [1.807, 2.05) is 0 Å². The third-order valence-corrected chi connectivity index (χ3v) is 2.41. The van der Waals surface area contributed by atoms with Crippen LogP contribution in [-0.4, -0.2) is 18.2 Å². The van der Waals surface area contributed by atoms with Crippen LogP contribution in [0.1, 0.15) is 22.8 Å². The maximum absolute atomic E-state index is 11.4. The van der Waals surface area contributed by atoms with Gasteiger partial charge in [0.2, 0.25) is 5.79 Å². The van der Waals surface area contributed by atoms with E-state index in [-0.39, 0.29) is 11.3 Å². The van der Waals surface area contributed by atoms with Crippen molar-refractivity contribution in [2.75, 3.05) is 7.11 Å². The molecule has 0 radical (unpaired) electrons. The molecule has 0 aromatic heterocycles. The highest BCUT2D eigenvalue weighted by Crippen LogP contribution is 2.40. The number of phenolic OH excluding ortho intramolecular Hbond substituents is 1. The fourth-order valence-electron chi connectivity index (χ4n) is 1.57. The predicted molar refractivity (Wildman–Crippen MR) is 47.9 cm³/mol. The van der Waals surface area contributed by atoms with E-state index in [9.17, 15) is 9.90 Å². The monoisotopic (exact) mass is 194 g/mol. The van der Waals surface area contributed by atoms with E-state index in [4.69, 9.17) is 9.47 Å². The van der Waals surface area contributed by atoms with Gasteiger partial charge in [0.05, 0.1) is 0 Å². The molecule has 1 aromatic rings. The van der Waals surface area contributed by atoms with E-state index in [0.717, 1.165) is 0 Å². The highest BCUT2D eigenvalue weighted by Gasteiger charge is 2.43. The van der Waals surface area contributed by atoms with E-state index < -0.39 is 11.8 Å². The van der Waals surface area contributed by atoms with Crippen molar-refractivity contribution in [2.24, 2.45) is 0 Å². The van der Waals surface area contributed by atoms with Crippen LogP contribution in [0.5, 0.6) is 5.75 Å². The van der Waals surface area contributed by atoms with Crippen LogP contribution < -0.4 is 0 Å². The first-order valence-corrected chi connectivity index (χ1v) is 4.19. The van der Waals surface area contributed by atoms with Gasteiger partial charge in [-0.3, -0.25) is 0 Å². The van der Waals surface area contributed by atoms with Gasteiger partial charge in [-0.25, -0.2) is 4.79 Å². The van der Waals surface area contributed by atoms with Gasteiger partial charge in [0.15, 0.2) is 0 Å². The van der Waals surface area contributed by atoms with Crippen LogP contribution in [0.4, 0.5) is 0 Å². The number of aromatic hydroxyl groups is 1. The average Bonchev–Trinajstić information content (AvgIpc) is 2.41. The molecule has 2 rings (SSSR count). The molecule has 14 heavy (non-hydrogen) atoms. The maximum atomic E-state index is 11.4. The van der Waals surface area contributed by atoms with Gasteiger partial charge in [-0.1, -0.05) is 12.1 Å². The Kier molecular flexibility index (Phi) is 1.75. The fraction of sp³-hybridized carbons (Fsp3) is 0.300. The first-order chi connectivity index (χ1) is 6.58. The molecule has 1 aromatic carbocycles. The second-order valence-corrected chi connectivity index (χ2v) is 3.24. The number of rotatable bonds is 1. The van der Waals surface area contributed by atoms with Crippen LogP contribution in [0.3, 0.4) is 0 Å². The average molecular weight is 194 g/mol. The zero-order valence-electron chi connectivity index (χ0n) is 7.90. The van der Waals surface area contributed by atoms with Gasteiger partial charge in [0.1, 0.15) is 11.3 Å². The Morgan fingerprint density at radius 2 is 2.21 bits per heavy atom. The molecule has 1 aliphatic heterocycles. The lowest BCUT2D eigenvalue weighted by molar-refractivity contribution is -0.172. The van der Waals surface area contributed by atoms with Crippen LogP contribution in [0.25, 0.3) is 0 Å². The van der Waals surface area contributed by atoms with Crippen molar-refractivity contribution in [2.45, 2.75) is 12.7 Å². The molecule has 74 valence electrons. The minimum atomic E-state index is -1.08. The summed E-state index contributed by atoms with van der Waals surface area (Å²) in [6, 6.07) is 4.79. The number of phenols is 1. The van der Waals surface area contributed by atoms with Gasteiger partial charge in [-0.2, -0.15) is 0 Å². The standard InChI is InChI=1S/C10H10O4/c1-10(13-2)6-4-3-5-7(11)8(6)9(12)14-10/h3-5,11H,1-2H3. The number of hydrogen-bond donors (Lipinski definition) is 1. The molecule has 4 nitrogen and oxygen atoms in total. The molecule has 0 spiro atoms. The summed E-state index contributed by atoms with van der Waals surface area (Å²) in [6.07, 6.45) is 0. The smallest absolute Gasteiger partial charge is 0.345 e. The summed E-state index contributed by atoms with van der Waals surface area (Å²) in [5.74, 6) is -1.71. The van der Waals surface area contributed by atoms with Crippen molar-refractivity contribution >= 4 is 5.97 Å². The summed E-state index contributed by atoms with van der Waals surface area (Å²) in [6.45, 7) is 1.64. The highest BCUT2D eigenvalue weighted by molar-refractivity contribution is 5.97. The van der Waals surface area contributed by atoms with Crippen molar-refractivity contribution in [1.29, 1.82) is 0 Å². The number of ether oxygens (including phenoxy) is 2. The molecule has 0 amide bonds. The number of hydrogen-bond acceptors (Lipinski definition) is 4. The molecule has 1 unspecified atom stereocenters. The number of carbonyl (C=O) groups is 1. The van der Waals surface area contributed by atoms with Crippen molar-refractivity contribution in [3.05, 3.63) is 29.3 Å². The SMILES string of the molecule is COC1(C)OC(=O)c2c(O)cccc21. The molecular weight excluding hydrogens is 184 g/mol. The minimum Gasteiger partial charge on any atom is -0.507 e. The summed E-state index contributed by atoms with van der Waals surface area (Å²) < 4.78 is 10.1. The van der Waals surface area contributed by atoms with Crippen molar-refractivity contribution in [3.63, 3.8) is 0 Å². The highest BCUT2D eigenvalue weighted by atomic mass is 16.7. The molecule has 4 heteroatoms. The molecule has 0 fully saturated rings. The van der Waals surface area contributed by atoms with Crippen LogP contribution in [0.15, 0.2) is 18.2 Å². The molecule has 1 heterocycles. The summed E-state index contributed by atoms with van der Waals surface area (Å²) in [5.41, 5.74) is 0.752. The molecular formula is C10H10O4. The first kappa shape index (κ1) is 9.02. The molecule has 1 atom stereocenters. The van der Waals surface area contributed by atoms with E-state index in [1.54, 1.807) is 19.1 Å². The Bertz CT molecular complexity index is 399. The van der Waals surface area contributed by atoms with Crippen LogP contribution in [-0.2, 0) is 15.3 Å². The predicted octanol–water partition coefficient (Wildman–Crippen LogP) is 1.38. The Balaban J connectivity index is 2.66. The number of fused-ring (bicyclic) bond motifs is 1. The van der Waals surface area contributed by atoms with E-state index in [2.05, 4.69) is 0 Å². The third-order valence-electron chi connectivity index (χ3n) is 2.41. The lowest BCUT2D eigenvalue weighted by Gasteiger charge is -2.21. The first-order valence-electron chi connectivity index (χ1n) is 4.19. The van der Waals surface area contributed by atoms with Crippen molar-refractivity contribution in [3.8, 4) is 5.75 Å². The van der Waals surface area contributed by atoms with Gasteiger partial charge >= 0.3 is 5.97 Å². The Hall–Kier alpha value is -1.55. The van der Waals surface area contributed by atoms with Gasteiger partial charge in [-0.05, 0) is 6.07 Å². The number of cyclic esters (lactones) is 1. The van der Waals surface area contributed by atoms with E-state index in [0.29, 0.717) is 5.56 Å². The largest absolute Gasteiger partial charge is 0.507 e. The lowest BCUT2D eigenvalue weighted by Crippen LogP contribution is -2.23. The van der Waals surface area contributed by atoms with Gasteiger partial charge in [-0.15, -0.1) is 0 Å². The quantitative estimate of drug-likeness (QED) is 0.686. The Morgan fingerprint density at radius 3 is 2.86 bits per heavy atom. The van der Waals surface area contributed by atoms with Crippen LogP contribution >= 0.6 is 0 Å². The number of carbonyl (C=O) groups excluding carboxylic acids is 1. The molecule has 0 bridgehead atoms. The number of benzene rings is 1. The van der Waals surface area contributed by atoms with Crippen molar-refractivity contribution < 1.29 is 19.4 Å². The second-order valence-electron chi connectivity index (χ2n) is 3.24. The number of esters is 1. The lowest BCUT2D eigenvalue weighted by atomic mass is 10.0. The zero-order valence-corrected chi connectivity index (χ0v) is 7.90. The summed E-state index contributed by atoms with van der Waals surface area (Å²) in [5, 5.41) is 9.47. The minimum absolute atomic E-state index is 0.0757. The van der Waals surface area contributed by atoms with Crippen molar-refractivity contribution in [1.82, 2.24) is 0 Å². The van der Waals surface area contributed by atoms with E-state index >= 15 is 0 Å². The third kappa shape index (κ3) is 1.01. The van der Waals surface area contributed by atoms with E-state index in [1.165, 1.54) is 13.2 Å². The zero-order chi connectivity index (χ0) is 10.3. The Labute approximate surface area is 81.1 Å². The topological polar surface area (TPSA) is 55.8 Å². The van der Waals surface area contributed by atoms with Crippen LogP contribution in [0, 0.1) is 0 Å². The molecule has 1 aliphatic rings. The summed E-state index contributed by atoms with van der Waals surface area (Å²) in [4.78, 5) is 11.4. The van der Waals surface area contributed by atoms with Gasteiger partial charge in [0.25, 0.3) is 0 Å². The second kappa shape index (κ2) is 2.72. The van der Waals surface area contributed by atoms with Crippen LogP contribution in [0.2, 0.25) is 0 Å². The summed E-state index contributed by atoms with van der Waals surface area (Å²) >= 11 is 0. The molecule has 1 N–H and O–H groups in total. The fourth-order valence-corrected chi connectivity index (χ4v) is 1.57. The number of methoxy groups -OCH3 is 1. The van der Waals surface area contributed by atoms with Gasteiger partial charge < -0.3 is 14.6 Å². The normalized spacial score (nSPS) is 24.6. The van der Waals surface area contributed by atoms with Gasteiger partial charge in [0, 0.05) is 19.6 Å². The molecule has 0 saturated heterocycles. The summed E-state index contributed by atoms with van der Waals surface area (Å²) in [7, 11) is 1.45. The Morgan fingerprint density at radius 1 is 1.50 bits per heavy atom. The molecule has 0 saturated carbocycles. The maximum Gasteiger partial charge on any atom is 0.345 e. The molecule has 0 aliphatic carbocycles.